The standard InChI is InChI=1S/C65H50S3/c1-4-5-18-44(2)55-35-36-57(66-55)46-25-29-50(30-26-46)63-61(48-21-12-7-13-22-48)53-34-33-52(59-39-40-60(68-59)65(3)41-16-9-17-42-65)43-54(53)62(49-23-14-8-15-24-49)64(63)51-31-27-47(28-32-51)58-38-37-56(67-58)45-19-10-6-11-20-45/h4-41,43H,42H2,1-3H3/b5-4-,44-18+. The number of thiophene rings is 3. The van der Waals surface area contributed by atoms with Gasteiger partial charge in [-0.05, 0) is 146 Å². The van der Waals surface area contributed by atoms with Crippen molar-refractivity contribution in [1.82, 2.24) is 0 Å². The third-order valence-corrected chi connectivity index (χ3v) is 17.1. The second kappa shape index (κ2) is 18.9. The molecule has 10 aromatic rings. The lowest BCUT2D eigenvalue weighted by Crippen LogP contribution is -2.17. The Labute approximate surface area is 412 Å². The second-order valence-electron chi connectivity index (χ2n) is 17.8. The molecule has 0 radical (unpaired) electrons. The first-order chi connectivity index (χ1) is 33.4. The van der Waals surface area contributed by atoms with E-state index >= 15 is 0 Å². The van der Waals surface area contributed by atoms with Gasteiger partial charge in [0.05, 0.1) is 0 Å². The smallest absolute Gasteiger partial charge is 0.0349 e. The van der Waals surface area contributed by atoms with Crippen molar-refractivity contribution in [3.8, 4) is 86.3 Å². The van der Waals surface area contributed by atoms with Gasteiger partial charge in [-0.1, -0.05) is 201 Å². The van der Waals surface area contributed by atoms with Gasteiger partial charge in [0.2, 0.25) is 0 Å². The van der Waals surface area contributed by atoms with Crippen LogP contribution in [-0.2, 0) is 5.41 Å². The number of hydrogen-bond donors (Lipinski definition) is 0. The highest BCUT2D eigenvalue weighted by Gasteiger charge is 2.27. The molecule has 0 saturated carbocycles. The van der Waals surface area contributed by atoms with Crippen LogP contribution in [0.2, 0.25) is 0 Å². The molecule has 3 heterocycles. The summed E-state index contributed by atoms with van der Waals surface area (Å²) in [7, 11) is 0. The van der Waals surface area contributed by atoms with Crippen LogP contribution in [0.4, 0.5) is 0 Å². The highest BCUT2D eigenvalue weighted by atomic mass is 32.1. The summed E-state index contributed by atoms with van der Waals surface area (Å²) in [5.41, 5.74) is 15.9. The molecule has 0 aliphatic heterocycles. The molecule has 1 unspecified atom stereocenters. The molecule has 328 valence electrons. The lowest BCUT2D eigenvalue weighted by atomic mass is 9.78. The minimum Gasteiger partial charge on any atom is -0.139 e. The van der Waals surface area contributed by atoms with E-state index in [4.69, 9.17) is 0 Å². The van der Waals surface area contributed by atoms with Gasteiger partial charge in [-0.25, -0.2) is 0 Å². The Balaban J connectivity index is 1.15. The van der Waals surface area contributed by atoms with Crippen LogP contribution in [0.1, 0.15) is 36.9 Å². The van der Waals surface area contributed by atoms with Gasteiger partial charge in [0, 0.05) is 34.7 Å². The summed E-state index contributed by atoms with van der Waals surface area (Å²) >= 11 is 5.61. The highest BCUT2D eigenvalue weighted by molar-refractivity contribution is 7.18. The monoisotopic (exact) mass is 926 g/mol. The average molecular weight is 927 g/mol. The second-order valence-corrected chi connectivity index (χ2v) is 21.0. The van der Waals surface area contributed by atoms with E-state index in [1.165, 1.54) is 112 Å². The predicted molar refractivity (Wildman–Crippen MR) is 300 cm³/mol. The molecule has 0 N–H and O–H groups in total. The normalized spacial score (nSPS) is 14.9. The average Bonchev–Trinajstić information content (AvgIpc) is 4.22. The first-order valence-electron chi connectivity index (χ1n) is 23.4. The van der Waals surface area contributed by atoms with E-state index in [0.29, 0.717) is 0 Å². The fraction of sp³-hybridized carbons (Fsp3) is 0.0769. The number of fused-ring (bicyclic) bond motifs is 1. The molecule has 0 bridgehead atoms. The van der Waals surface area contributed by atoms with Gasteiger partial charge < -0.3 is 0 Å². The fourth-order valence-corrected chi connectivity index (χ4v) is 12.8. The Morgan fingerprint density at radius 3 is 1.49 bits per heavy atom. The topological polar surface area (TPSA) is 0 Å². The third kappa shape index (κ3) is 8.43. The zero-order valence-electron chi connectivity index (χ0n) is 38.4. The van der Waals surface area contributed by atoms with E-state index in [2.05, 4.69) is 257 Å². The molecule has 0 amide bonds. The Morgan fingerprint density at radius 1 is 0.441 bits per heavy atom. The van der Waals surface area contributed by atoms with Crippen molar-refractivity contribution in [3.63, 3.8) is 0 Å². The molecule has 0 nitrogen and oxygen atoms in total. The predicted octanol–water partition coefficient (Wildman–Crippen LogP) is 20.1. The Kier molecular flexibility index (Phi) is 12.0. The van der Waals surface area contributed by atoms with Crippen molar-refractivity contribution in [2.24, 2.45) is 0 Å². The van der Waals surface area contributed by atoms with Gasteiger partial charge in [-0.3, -0.25) is 0 Å². The maximum Gasteiger partial charge on any atom is 0.0349 e. The van der Waals surface area contributed by atoms with Crippen molar-refractivity contribution < 1.29 is 0 Å². The Hall–Kier alpha value is -7.14. The zero-order valence-corrected chi connectivity index (χ0v) is 40.9. The molecule has 1 aliphatic carbocycles. The summed E-state index contributed by atoms with van der Waals surface area (Å²) in [4.78, 5) is 7.76. The van der Waals surface area contributed by atoms with Crippen LogP contribution in [0.25, 0.3) is 103 Å². The van der Waals surface area contributed by atoms with E-state index in [1.807, 2.05) is 34.0 Å². The minimum absolute atomic E-state index is 0.00574. The maximum atomic E-state index is 2.47. The number of benzene rings is 7. The number of rotatable bonds is 11. The van der Waals surface area contributed by atoms with E-state index in [1.54, 1.807) is 0 Å². The van der Waals surface area contributed by atoms with Gasteiger partial charge in [-0.15, -0.1) is 34.0 Å². The van der Waals surface area contributed by atoms with Gasteiger partial charge in [0.1, 0.15) is 0 Å². The van der Waals surface area contributed by atoms with Crippen molar-refractivity contribution in [1.29, 1.82) is 0 Å². The third-order valence-electron chi connectivity index (χ3n) is 13.3. The van der Waals surface area contributed by atoms with E-state index < -0.39 is 0 Å². The summed E-state index contributed by atoms with van der Waals surface area (Å²) in [5.74, 6) is 0. The Morgan fingerprint density at radius 2 is 0.912 bits per heavy atom. The lowest BCUT2D eigenvalue weighted by molar-refractivity contribution is 0.613. The summed E-state index contributed by atoms with van der Waals surface area (Å²) < 4.78 is 0. The molecule has 68 heavy (non-hydrogen) atoms. The van der Waals surface area contributed by atoms with Gasteiger partial charge in [-0.2, -0.15) is 0 Å². The lowest BCUT2D eigenvalue weighted by Gasteiger charge is -2.25. The number of allylic oxidation sites excluding steroid dienone is 8. The van der Waals surface area contributed by atoms with Gasteiger partial charge in [0.25, 0.3) is 0 Å². The fourth-order valence-electron chi connectivity index (χ4n) is 9.62. The SMILES string of the molecule is C/C=C\C=C(/C)c1ccc(-c2ccc(-c3c(-c4ccc(-c5ccc(-c6ccccc6)s5)cc4)c(-c4ccccc4)c4cc(-c5ccc(C6(C)C=CC=CC6)s5)ccc4c3-c3ccccc3)cc2)s1. The largest absolute Gasteiger partial charge is 0.139 e. The zero-order chi connectivity index (χ0) is 46.0. The molecule has 3 aromatic heterocycles. The van der Waals surface area contributed by atoms with Crippen LogP contribution in [0, 0.1) is 0 Å². The first kappa shape index (κ1) is 43.4. The summed E-state index contributed by atoms with van der Waals surface area (Å²) in [6.07, 6.45) is 16.4. The molecule has 3 heteroatoms. The van der Waals surface area contributed by atoms with Crippen LogP contribution in [0.5, 0.6) is 0 Å². The molecule has 1 atom stereocenters. The van der Waals surface area contributed by atoms with Crippen LogP contribution in [0.3, 0.4) is 0 Å². The summed E-state index contributed by atoms with van der Waals surface area (Å²) in [6, 6.07) is 72.5. The van der Waals surface area contributed by atoms with Gasteiger partial charge >= 0.3 is 0 Å². The quantitative estimate of drug-likeness (QED) is 0.113. The van der Waals surface area contributed by atoms with Crippen LogP contribution in [-0.4, -0.2) is 0 Å². The maximum absolute atomic E-state index is 2.47. The summed E-state index contributed by atoms with van der Waals surface area (Å²) in [5, 5.41) is 2.48. The number of hydrogen-bond acceptors (Lipinski definition) is 3. The molecule has 7 aromatic carbocycles. The van der Waals surface area contributed by atoms with E-state index in [9.17, 15) is 0 Å². The molecular weight excluding hydrogens is 877 g/mol. The van der Waals surface area contributed by atoms with Crippen molar-refractivity contribution >= 4 is 50.4 Å². The molecule has 0 saturated heterocycles. The molecule has 0 spiro atoms. The Bertz CT molecular complexity index is 3520. The molecule has 11 rings (SSSR count). The van der Waals surface area contributed by atoms with Crippen molar-refractivity contribution in [2.45, 2.75) is 32.6 Å². The minimum atomic E-state index is -0.00574. The van der Waals surface area contributed by atoms with Crippen LogP contribution >= 0.6 is 34.0 Å². The van der Waals surface area contributed by atoms with E-state index in [0.717, 1.165) is 6.42 Å². The van der Waals surface area contributed by atoms with E-state index in [-0.39, 0.29) is 5.41 Å². The first-order valence-corrected chi connectivity index (χ1v) is 25.9. The molecular formula is C65H50S3. The molecule has 1 aliphatic rings. The highest BCUT2D eigenvalue weighted by Crippen LogP contribution is 2.53. The summed E-state index contributed by atoms with van der Waals surface area (Å²) in [6.45, 7) is 6.61. The van der Waals surface area contributed by atoms with Crippen molar-refractivity contribution in [3.05, 3.63) is 246 Å². The van der Waals surface area contributed by atoms with Crippen molar-refractivity contribution in [2.75, 3.05) is 0 Å². The van der Waals surface area contributed by atoms with Gasteiger partial charge in [0.15, 0.2) is 0 Å². The van der Waals surface area contributed by atoms with Crippen LogP contribution in [0.15, 0.2) is 237 Å². The van der Waals surface area contributed by atoms with Crippen LogP contribution < -0.4 is 0 Å². The molecule has 0 fully saturated rings.